The number of nitrogens with two attached hydrogens (primary N) is 1. The van der Waals surface area contributed by atoms with Crippen LogP contribution in [-0.2, 0) is 6.54 Å². The van der Waals surface area contributed by atoms with Crippen molar-refractivity contribution in [2.45, 2.75) is 13.5 Å². The molecule has 0 aliphatic rings. The van der Waals surface area contributed by atoms with Crippen molar-refractivity contribution in [2.75, 3.05) is 5.73 Å². The highest BCUT2D eigenvalue weighted by Crippen LogP contribution is 2.19. The number of aromatic nitrogens is 1. The van der Waals surface area contributed by atoms with Crippen LogP contribution in [0.1, 0.15) is 15.9 Å². The second kappa shape index (κ2) is 6.44. The van der Waals surface area contributed by atoms with Crippen LogP contribution in [0.5, 0.6) is 0 Å². The molecule has 0 bridgehead atoms. The fraction of sp³-hybridized carbons (Fsp3) is 0.100. The van der Waals surface area contributed by atoms with Crippen molar-refractivity contribution in [1.82, 2.24) is 0 Å². The number of hydrogen-bond acceptors (Lipinski definition) is 2. The van der Waals surface area contributed by atoms with E-state index in [4.69, 9.17) is 5.73 Å². The van der Waals surface area contributed by atoms with Crippen LogP contribution in [0.4, 0.5) is 5.69 Å². The molecule has 0 amide bonds. The summed E-state index contributed by atoms with van der Waals surface area (Å²) in [7, 11) is 0. The van der Waals surface area contributed by atoms with Gasteiger partial charge in [-0.05, 0) is 18.1 Å². The quantitative estimate of drug-likeness (QED) is 0.593. The number of benzene rings is 2. The van der Waals surface area contributed by atoms with E-state index >= 15 is 0 Å². The summed E-state index contributed by atoms with van der Waals surface area (Å²) in [5, 5.41) is 0. The van der Waals surface area contributed by atoms with Gasteiger partial charge >= 0.3 is 0 Å². The lowest BCUT2D eigenvalue weighted by molar-refractivity contribution is -0.683. The van der Waals surface area contributed by atoms with Gasteiger partial charge in [0.25, 0.3) is 0 Å². The molecule has 23 heavy (non-hydrogen) atoms. The van der Waals surface area contributed by atoms with Gasteiger partial charge in [0.1, 0.15) is 0 Å². The molecule has 3 nitrogen and oxygen atoms in total. The molecule has 2 N–H and O–H groups in total. The zero-order chi connectivity index (χ0) is 16.2. The Morgan fingerprint density at radius 3 is 2.26 bits per heavy atom. The summed E-state index contributed by atoms with van der Waals surface area (Å²) in [5.41, 5.74) is 10.5. The molecule has 0 aliphatic carbocycles. The number of pyridine rings is 1. The predicted molar refractivity (Wildman–Crippen MR) is 92.0 cm³/mol. The van der Waals surface area contributed by atoms with E-state index in [0.717, 1.165) is 22.4 Å². The molecule has 3 aromatic rings. The summed E-state index contributed by atoms with van der Waals surface area (Å²) in [4.78, 5) is 12.4. The molecule has 0 fully saturated rings. The maximum Gasteiger partial charge on any atom is 0.227 e. The van der Waals surface area contributed by atoms with Crippen molar-refractivity contribution in [1.29, 1.82) is 0 Å². The Morgan fingerprint density at radius 1 is 0.957 bits per heavy atom. The highest BCUT2D eigenvalue weighted by molar-refractivity contribution is 5.95. The second-order valence-electron chi connectivity index (χ2n) is 5.62. The Labute approximate surface area is 136 Å². The lowest BCUT2D eigenvalue weighted by Crippen LogP contribution is -2.37. The number of ketones is 1. The van der Waals surface area contributed by atoms with Crippen LogP contribution < -0.4 is 10.3 Å². The molecule has 114 valence electrons. The van der Waals surface area contributed by atoms with Crippen molar-refractivity contribution >= 4 is 11.5 Å². The summed E-state index contributed by atoms with van der Waals surface area (Å²) in [5.74, 6) is 0.0822. The minimum absolute atomic E-state index is 0.0822. The molecule has 1 heterocycles. The average Bonchev–Trinajstić information content (AvgIpc) is 2.59. The lowest BCUT2D eigenvalue weighted by Gasteiger charge is -2.04. The van der Waals surface area contributed by atoms with E-state index < -0.39 is 0 Å². The fourth-order valence-electron chi connectivity index (χ4n) is 2.51. The van der Waals surface area contributed by atoms with Gasteiger partial charge in [0, 0.05) is 22.9 Å². The van der Waals surface area contributed by atoms with E-state index in [-0.39, 0.29) is 5.78 Å². The van der Waals surface area contributed by atoms with E-state index in [0.29, 0.717) is 12.1 Å². The number of nitrogens with zero attached hydrogens (tertiary/aromatic N) is 1. The highest BCUT2D eigenvalue weighted by Gasteiger charge is 2.13. The zero-order valence-corrected chi connectivity index (χ0v) is 13.1. The van der Waals surface area contributed by atoms with E-state index in [9.17, 15) is 4.79 Å². The first-order valence-electron chi connectivity index (χ1n) is 7.57. The van der Waals surface area contributed by atoms with Crippen LogP contribution in [-0.4, -0.2) is 5.78 Å². The second-order valence-corrected chi connectivity index (χ2v) is 5.62. The Kier molecular flexibility index (Phi) is 4.20. The third-order valence-corrected chi connectivity index (χ3v) is 3.90. The molecular weight excluding hydrogens is 284 g/mol. The molecule has 0 radical (unpaired) electrons. The molecule has 0 aliphatic heterocycles. The first-order chi connectivity index (χ1) is 11.1. The number of aryl methyl sites for hydroxylation is 1. The molecule has 0 saturated heterocycles. The molecule has 0 spiro atoms. The number of carbonyl (C=O) groups excluding carboxylic acids is 1. The minimum Gasteiger partial charge on any atom is -0.398 e. The van der Waals surface area contributed by atoms with Crippen LogP contribution in [0.2, 0.25) is 0 Å². The van der Waals surface area contributed by atoms with Gasteiger partial charge < -0.3 is 5.73 Å². The van der Waals surface area contributed by atoms with Gasteiger partial charge in [-0.3, -0.25) is 4.79 Å². The summed E-state index contributed by atoms with van der Waals surface area (Å²) in [6.45, 7) is 2.25. The van der Waals surface area contributed by atoms with Gasteiger partial charge in [0.15, 0.2) is 12.4 Å². The third kappa shape index (κ3) is 3.46. The van der Waals surface area contributed by atoms with E-state index in [1.54, 1.807) is 0 Å². The first kappa shape index (κ1) is 15.0. The largest absolute Gasteiger partial charge is 0.398 e. The van der Waals surface area contributed by atoms with Gasteiger partial charge in [-0.15, -0.1) is 0 Å². The number of anilines is 1. The van der Waals surface area contributed by atoms with Gasteiger partial charge in [0.05, 0.1) is 0 Å². The number of carbonyl (C=O) groups is 1. The van der Waals surface area contributed by atoms with E-state index in [1.165, 1.54) is 0 Å². The molecule has 1 aromatic heterocycles. The van der Waals surface area contributed by atoms with Gasteiger partial charge in [-0.25, -0.2) is 0 Å². The van der Waals surface area contributed by atoms with Gasteiger partial charge in [-0.1, -0.05) is 54.6 Å². The van der Waals surface area contributed by atoms with Gasteiger partial charge in [0.2, 0.25) is 12.3 Å². The Morgan fingerprint density at radius 2 is 1.61 bits per heavy atom. The normalized spacial score (nSPS) is 10.5. The number of rotatable bonds is 4. The fourth-order valence-corrected chi connectivity index (χ4v) is 2.51. The SMILES string of the molecule is Cc1c[n+](CC(=O)c2ccc(-c3ccccc3)cc2)ccc1N. The Bertz CT molecular complexity index is 824. The van der Waals surface area contributed by atoms with E-state index in [2.05, 4.69) is 12.1 Å². The lowest BCUT2D eigenvalue weighted by atomic mass is 10.0. The van der Waals surface area contributed by atoms with E-state index in [1.807, 2.05) is 72.4 Å². The molecular formula is C20H19N2O+. The summed E-state index contributed by atoms with van der Waals surface area (Å²) >= 11 is 0. The van der Waals surface area contributed by atoms with Crippen molar-refractivity contribution in [2.24, 2.45) is 0 Å². The molecule has 0 atom stereocenters. The van der Waals surface area contributed by atoms with Crippen molar-refractivity contribution in [3.8, 4) is 11.1 Å². The Hall–Kier alpha value is -2.94. The standard InChI is InChI=1S/C20H18N2O/c1-15-13-22(12-11-19(15)21)14-20(23)18-9-7-17(8-10-18)16-5-3-2-4-6-16/h2-13,21H,14H2,1H3/p+1. The maximum atomic E-state index is 12.4. The smallest absolute Gasteiger partial charge is 0.227 e. The molecule has 2 aromatic carbocycles. The molecule has 3 rings (SSSR count). The van der Waals surface area contributed by atoms with Crippen molar-refractivity contribution in [3.63, 3.8) is 0 Å². The van der Waals surface area contributed by atoms with Crippen LogP contribution >= 0.6 is 0 Å². The summed E-state index contributed by atoms with van der Waals surface area (Å²) in [6, 6.07) is 19.7. The monoisotopic (exact) mass is 303 g/mol. The predicted octanol–water partition coefficient (Wildman–Crippen LogP) is 3.41. The first-order valence-corrected chi connectivity index (χ1v) is 7.57. The van der Waals surface area contributed by atoms with Crippen LogP contribution in [0.15, 0.2) is 73.1 Å². The van der Waals surface area contributed by atoms with Crippen molar-refractivity contribution in [3.05, 3.63) is 84.2 Å². The van der Waals surface area contributed by atoms with Crippen LogP contribution in [0.3, 0.4) is 0 Å². The average molecular weight is 303 g/mol. The summed E-state index contributed by atoms with van der Waals surface area (Å²) < 4.78 is 1.86. The minimum atomic E-state index is 0.0822. The topological polar surface area (TPSA) is 47.0 Å². The highest BCUT2D eigenvalue weighted by atomic mass is 16.1. The van der Waals surface area contributed by atoms with Crippen LogP contribution in [0.25, 0.3) is 11.1 Å². The Balaban J connectivity index is 1.76. The van der Waals surface area contributed by atoms with Crippen molar-refractivity contribution < 1.29 is 9.36 Å². The maximum absolute atomic E-state index is 12.4. The third-order valence-electron chi connectivity index (χ3n) is 3.90. The zero-order valence-electron chi connectivity index (χ0n) is 13.1. The molecule has 0 saturated carbocycles. The number of nitrogen functional groups attached to an aromatic ring is 1. The number of Topliss-reactive ketones (excluding diaryl/α,β-unsaturated/α-hetero) is 1. The summed E-state index contributed by atoms with van der Waals surface area (Å²) in [6.07, 6.45) is 3.73. The molecule has 0 unspecified atom stereocenters. The van der Waals surface area contributed by atoms with Crippen LogP contribution in [0, 0.1) is 6.92 Å². The number of hydrogen-bond donors (Lipinski definition) is 1. The van der Waals surface area contributed by atoms with Gasteiger partial charge in [-0.2, -0.15) is 4.57 Å². The molecule has 3 heteroatoms.